The molecule has 0 radical (unpaired) electrons. The molecule has 4 atom stereocenters. The van der Waals surface area contributed by atoms with Gasteiger partial charge in [0.2, 0.25) is 0 Å². The van der Waals surface area contributed by atoms with Crippen molar-refractivity contribution in [1.29, 1.82) is 0 Å². The highest BCUT2D eigenvalue weighted by Gasteiger charge is 2.26. The molecule has 0 aromatic heterocycles. The lowest BCUT2D eigenvalue weighted by Gasteiger charge is -2.29. The summed E-state index contributed by atoms with van der Waals surface area (Å²) < 4.78 is 0. The van der Waals surface area contributed by atoms with Gasteiger partial charge in [0.25, 0.3) is 0 Å². The summed E-state index contributed by atoms with van der Waals surface area (Å²) in [5.74, 6) is 0. The van der Waals surface area contributed by atoms with Gasteiger partial charge in [-0.3, -0.25) is 0 Å². The molecule has 0 aromatic rings. The Morgan fingerprint density at radius 1 is 0.650 bits per heavy atom. The van der Waals surface area contributed by atoms with Crippen LogP contribution in [0.1, 0.15) is 67.2 Å². The number of rotatable bonds is 7. The van der Waals surface area contributed by atoms with E-state index in [1.54, 1.807) is 0 Å². The number of aliphatic hydroxyl groups is 4. The van der Waals surface area contributed by atoms with Crippen LogP contribution in [0, 0.1) is 10.8 Å². The minimum atomic E-state index is -0.749. The molecule has 4 heteroatoms. The molecule has 0 aliphatic rings. The van der Waals surface area contributed by atoms with E-state index in [0.29, 0.717) is 6.42 Å². The topological polar surface area (TPSA) is 80.9 Å². The lowest BCUT2D eigenvalue weighted by atomic mass is 9.84. The average Bonchev–Trinajstić information content (AvgIpc) is 2.10. The van der Waals surface area contributed by atoms with Crippen molar-refractivity contribution < 1.29 is 20.4 Å². The molecule has 0 aliphatic carbocycles. The maximum Gasteiger partial charge on any atom is 0.0613 e. The van der Waals surface area contributed by atoms with Gasteiger partial charge in [-0.2, -0.15) is 0 Å². The van der Waals surface area contributed by atoms with Crippen LogP contribution in [0.3, 0.4) is 0 Å². The first-order chi connectivity index (χ1) is 8.81. The first-order valence-electron chi connectivity index (χ1n) is 7.53. The van der Waals surface area contributed by atoms with Gasteiger partial charge in [-0.1, -0.05) is 41.5 Å². The molecular formula is C16H34O4. The SMILES string of the molecule is CC(C)(C)CC(O)CC(O)CC(O)CC(O)C(C)(C)C. The van der Waals surface area contributed by atoms with Crippen LogP contribution < -0.4 is 0 Å². The lowest BCUT2D eigenvalue weighted by Crippen LogP contribution is -2.32. The molecule has 122 valence electrons. The van der Waals surface area contributed by atoms with Gasteiger partial charge in [-0.15, -0.1) is 0 Å². The Hall–Kier alpha value is -0.160. The smallest absolute Gasteiger partial charge is 0.0613 e. The van der Waals surface area contributed by atoms with Crippen LogP contribution in [0.5, 0.6) is 0 Å². The maximum atomic E-state index is 9.91. The molecule has 0 spiro atoms. The summed E-state index contributed by atoms with van der Waals surface area (Å²) >= 11 is 0. The van der Waals surface area contributed by atoms with Crippen LogP contribution in [0.15, 0.2) is 0 Å². The van der Waals surface area contributed by atoms with Gasteiger partial charge in [0, 0.05) is 0 Å². The summed E-state index contributed by atoms with van der Waals surface area (Å²) in [6.45, 7) is 11.8. The zero-order valence-corrected chi connectivity index (χ0v) is 13.9. The normalized spacial score (nSPS) is 19.5. The standard InChI is InChI=1S/C16H34O4/c1-15(2,3)10-13(19)8-11(17)7-12(18)9-14(20)16(4,5)6/h11-14,17-20H,7-10H2,1-6H3. The molecule has 0 bridgehead atoms. The first kappa shape index (κ1) is 19.8. The number of hydrogen-bond acceptors (Lipinski definition) is 4. The van der Waals surface area contributed by atoms with Crippen LogP contribution >= 0.6 is 0 Å². The van der Waals surface area contributed by atoms with Crippen LogP contribution in [0.4, 0.5) is 0 Å². The molecule has 4 unspecified atom stereocenters. The van der Waals surface area contributed by atoms with Crippen molar-refractivity contribution in [1.82, 2.24) is 0 Å². The lowest BCUT2D eigenvalue weighted by molar-refractivity contribution is -0.0135. The maximum absolute atomic E-state index is 9.91. The zero-order chi connectivity index (χ0) is 16.1. The second-order valence-electron chi connectivity index (χ2n) is 8.32. The third kappa shape index (κ3) is 9.70. The van der Waals surface area contributed by atoms with Gasteiger partial charge in [0.15, 0.2) is 0 Å². The minimum absolute atomic E-state index is 0.0141. The third-order valence-corrected chi connectivity index (χ3v) is 3.43. The van der Waals surface area contributed by atoms with Gasteiger partial charge in [-0.25, -0.2) is 0 Å². The van der Waals surface area contributed by atoms with Crippen molar-refractivity contribution in [2.45, 2.75) is 91.6 Å². The zero-order valence-electron chi connectivity index (χ0n) is 13.9. The molecule has 0 aromatic carbocycles. The van der Waals surface area contributed by atoms with E-state index in [1.807, 2.05) is 41.5 Å². The van der Waals surface area contributed by atoms with Gasteiger partial charge in [0.05, 0.1) is 24.4 Å². The first-order valence-corrected chi connectivity index (χ1v) is 7.53. The quantitative estimate of drug-likeness (QED) is 0.579. The Morgan fingerprint density at radius 3 is 1.45 bits per heavy atom. The molecule has 0 saturated carbocycles. The van der Waals surface area contributed by atoms with Gasteiger partial charge >= 0.3 is 0 Å². The second kappa shape index (κ2) is 7.74. The van der Waals surface area contributed by atoms with Crippen LogP contribution in [0.2, 0.25) is 0 Å². The van der Waals surface area contributed by atoms with Crippen molar-refractivity contribution in [3.63, 3.8) is 0 Å². The Morgan fingerprint density at radius 2 is 1.05 bits per heavy atom. The minimum Gasteiger partial charge on any atom is -0.393 e. The van der Waals surface area contributed by atoms with Crippen molar-refractivity contribution in [3.8, 4) is 0 Å². The molecule has 4 nitrogen and oxygen atoms in total. The Bertz CT molecular complexity index is 265. The Labute approximate surface area is 123 Å². The van der Waals surface area contributed by atoms with Crippen molar-refractivity contribution >= 4 is 0 Å². The average molecular weight is 290 g/mol. The van der Waals surface area contributed by atoms with E-state index in [1.165, 1.54) is 0 Å². The predicted molar refractivity (Wildman–Crippen MR) is 81.4 cm³/mol. The van der Waals surface area contributed by atoms with Gasteiger partial charge in [0.1, 0.15) is 0 Å². The highest BCUT2D eigenvalue weighted by atomic mass is 16.3. The molecule has 0 amide bonds. The van der Waals surface area contributed by atoms with E-state index in [4.69, 9.17) is 0 Å². The van der Waals surface area contributed by atoms with Crippen molar-refractivity contribution in [2.24, 2.45) is 10.8 Å². The summed E-state index contributed by atoms with van der Waals surface area (Å²) in [5, 5.41) is 39.6. The van der Waals surface area contributed by atoms with E-state index in [9.17, 15) is 20.4 Å². The van der Waals surface area contributed by atoms with Crippen LogP contribution in [0.25, 0.3) is 0 Å². The number of hydrogen-bond donors (Lipinski definition) is 4. The van der Waals surface area contributed by atoms with Crippen LogP contribution in [-0.2, 0) is 0 Å². The van der Waals surface area contributed by atoms with Crippen LogP contribution in [-0.4, -0.2) is 44.8 Å². The molecule has 4 N–H and O–H groups in total. The summed E-state index contributed by atoms with van der Waals surface area (Å²) in [6, 6.07) is 0. The highest BCUT2D eigenvalue weighted by Crippen LogP contribution is 2.25. The van der Waals surface area contributed by atoms with Gasteiger partial charge < -0.3 is 20.4 Å². The fraction of sp³-hybridized carbons (Fsp3) is 1.00. The van der Waals surface area contributed by atoms with Crippen molar-refractivity contribution in [2.75, 3.05) is 0 Å². The third-order valence-electron chi connectivity index (χ3n) is 3.43. The molecule has 0 heterocycles. The predicted octanol–water partition coefficient (Wildman–Crippen LogP) is 2.08. The number of aliphatic hydroxyl groups excluding tert-OH is 4. The van der Waals surface area contributed by atoms with E-state index in [2.05, 4.69) is 0 Å². The fourth-order valence-electron chi connectivity index (χ4n) is 2.22. The van der Waals surface area contributed by atoms with E-state index >= 15 is 0 Å². The Balaban J connectivity index is 4.11. The van der Waals surface area contributed by atoms with E-state index < -0.39 is 24.4 Å². The molecule has 0 fully saturated rings. The van der Waals surface area contributed by atoms with Crippen molar-refractivity contribution in [3.05, 3.63) is 0 Å². The van der Waals surface area contributed by atoms with E-state index in [-0.39, 0.29) is 30.1 Å². The highest BCUT2D eigenvalue weighted by molar-refractivity contribution is 4.78. The molecule has 0 aliphatic heterocycles. The summed E-state index contributed by atoms with van der Waals surface area (Å²) in [7, 11) is 0. The summed E-state index contributed by atoms with van der Waals surface area (Å²) in [6.07, 6.45) is -1.35. The Kier molecular flexibility index (Phi) is 7.67. The molecular weight excluding hydrogens is 256 g/mol. The fourth-order valence-corrected chi connectivity index (χ4v) is 2.22. The monoisotopic (exact) mass is 290 g/mol. The largest absolute Gasteiger partial charge is 0.393 e. The molecule has 0 saturated heterocycles. The van der Waals surface area contributed by atoms with Gasteiger partial charge in [-0.05, 0) is 36.5 Å². The summed E-state index contributed by atoms with van der Waals surface area (Å²) in [4.78, 5) is 0. The van der Waals surface area contributed by atoms with E-state index in [0.717, 1.165) is 0 Å². The molecule has 20 heavy (non-hydrogen) atoms. The molecule has 0 rings (SSSR count). The summed E-state index contributed by atoms with van der Waals surface area (Å²) in [5.41, 5.74) is -0.266. The second-order valence-corrected chi connectivity index (χ2v) is 8.32.